The topological polar surface area (TPSA) is 96.8 Å². The molecule has 0 unspecified atom stereocenters. The summed E-state index contributed by atoms with van der Waals surface area (Å²) in [6.45, 7) is 6.26. The van der Waals surface area contributed by atoms with Crippen molar-refractivity contribution in [1.29, 1.82) is 0 Å². The van der Waals surface area contributed by atoms with Crippen molar-refractivity contribution >= 4 is 17.9 Å². The molecular weight excluding hydrogens is 491 g/mol. The predicted octanol–water partition coefficient (Wildman–Crippen LogP) is 3.62. The molecule has 1 aromatic carbocycles. The number of carbonyl (C=O) groups is 3. The van der Waals surface area contributed by atoms with Gasteiger partial charge in [0.2, 0.25) is 5.91 Å². The van der Waals surface area contributed by atoms with Gasteiger partial charge in [-0.3, -0.25) is 9.59 Å². The zero-order valence-corrected chi connectivity index (χ0v) is 20.9. The molecule has 2 saturated heterocycles. The molecule has 0 spiro atoms. The first kappa shape index (κ1) is 26.5. The summed E-state index contributed by atoms with van der Waals surface area (Å²) >= 11 is 0. The highest BCUT2D eigenvalue weighted by Gasteiger charge is 2.48. The van der Waals surface area contributed by atoms with E-state index in [1.165, 1.54) is 0 Å². The smallest absolute Gasteiger partial charge is 0.435 e. The van der Waals surface area contributed by atoms with Crippen LogP contribution in [0, 0.1) is 0 Å². The summed E-state index contributed by atoms with van der Waals surface area (Å²) in [5, 5.41) is 6.04. The summed E-state index contributed by atoms with van der Waals surface area (Å²) in [6, 6.07) is 8.01. The van der Waals surface area contributed by atoms with Crippen LogP contribution in [-0.4, -0.2) is 74.8 Å². The average Bonchev–Trinajstić information content (AvgIpc) is 3.55. The van der Waals surface area contributed by atoms with Crippen molar-refractivity contribution in [3.63, 3.8) is 0 Å². The molecule has 9 nitrogen and oxygen atoms in total. The SMILES string of the molecule is CC(C)(C)OC(=O)N1C[C@@H]2C[C@H]1CN2C(=O)CCCNC(=O)c1cn(-c2ccccc2)nc1C(F)(F)F. The average molecular weight is 522 g/mol. The van der Waals surface area contributed by atoms with E-state index >= 15 is 0 Å². The van der Waals surface area contributed by atoms with Gasteiger partial charge in [0.05, 0.1) is 23.3 Å². The van der Waals surface area contributed by atoms with Gasteiger partial charge in [-0.05, 0) is 45.7 Å². The number of hydrogen-bond acceptors (Lipinski definition) is 5. The van der Waals surface area contributed by atoms with Gasteiger partial charge in [-0.25, -0.2) is 9.48 Å². The Kier molecular flexibility index (Phi) is 7.20. The number of nitrogens with zero attached hydrogens (tertiary/aromatic N) is 4. The van der Waals surface area contributed by atoms with Crippen molar-refractivity contribution in [3.05, 3.63) is 47.8 Å². The molecule has 200 valence electrons. The highest BCUT2D eigenvalue weighted by molar-refractivity contribution is 5.95. The third kappa shape index (κ3) is 6.05. The summed E-state index contributed by atoms with van der Waals surface area (Å²) in [7, 11) is 0. The van der Waals surface area contributed by atoms with Crippen LogP contribution in [0.3, 0.4) is 0 Å². The normalized spacial score (nSPS) is 19.3. The Morgan fingerprint density at radius 3 is 2.30 bits per heavy atom. The maximum Gasteiger partial charge on any atom is 0.435 e. The van der Waals surface area contributed by atoms with Gasteiger partial charge in [0.1, 0.15) is 5.60 Å². The number of alkyl halides is 3. The second kappa shape index (κ2) is 10.1. The van der Waals surface area contributed by atoms with Gasteiger partial charge in [-0.2, -0.15) is 18.3 Å². The number of piperazine rings is 1. The first-order valence-corrected chi connectivity index (χ1v) is 12.1. The van der Waals surface area contributed by atoms with Gasteiger partial charge < -0.3 is 19.9 Å². The molecule has 1 N–H and O–H groups in total. The van der Waals surface area contributed by atoms with Crippen molar-refractivity contribution in [3.8, 4) is 5.69 Å². The number of para-hydroxylation sites is 1. The second-order valence-electron chi connectivity index (χ2n) is 10.3. The zero-order valence-electron chi connectivity index (χ0n) is 20.9. The number of carbonyl (C=O) groups excluding carboxylic acids is 3. The van der Waals surface area contributed by atoms with Crippen LogP contribution >= 0.6 is 0 Å². The number of rotatable bonds is 6. The first-order valence-electron chi connectivity index (χ1n) is 12.1. The van der Waals surface area contributed by atoms with E-state index in [1.807, 2.05) is 0 Å². The van der Waals surface area contributed by atoms with Crippen molar-refractivity contribution in [2.24, 2.45) is 0 Å². The Labute approximate surface area is 212 Å². The van der Waals surface area contributed by atoms with Gasteiger partial charge in [0.25, 0.3) is 5.91 Å². The van der Waals surface area contributed by atoms with Crippen LogP contribution in [0.5, 0.6) is 0 Å². The van der Waals surface area contributed by atoms with E-state index in [1.54, 1.807) is 60.9 Å². The highest BCUT2D eigenvalue weighted by Crippen LogP contribution is 2.33. The van der Waals surface area contributed by atoms with E-state index in [4.69, 9.17) is 4.74 Å². The van der Waals surface area contributed by atoms with Crippen molar-refractivity contribution in [2.45, 2.75) is 63.9 Å². The number of ether oxygens (including phenoxy) is 1. The number of hydrogen-bond donors (Lipinski definition) is 1. The monoisotopic (exact) mass is 521 g/mol. The minimum Gasteiger partial charge on any atom is -0.444 e. The molecule has 1 aromatic heterocycles. The number of benzene rings is 1. The number of aromatic nitrogens is 2. The number of halogens is 3. The molecule has 37 heavy (non-hydrogen) atoms. The molecule has 2 fully saturated rings. The minimum atomic E-state index is -4.80. The largest absolute Gasteiger partial charge is 0.444 e. The lowest BCUT2D eigenvalue weighted by molar-refractivity contribution is -0.141. The van der Waals surface area contributed by atoms with Crippen LogP contribution in [0.15, 0.2) is 36.5 Å². The number of fused-ring (bicyclic) bond motifs is 2. The first-order chi connectivity index (χ1) is 17.3. The maximum absolute atomic E-state index is 13.5. The molecule has 3 amide bonds. The summed E-state index contributed by atoms with van der Waals surface area (Å²) in [5.41, 5.74) is -2.06. The molecule has 2 atom stereocenters. The number of likely N-dealkylation sites (tertiary alicyclic amines) is 2. The van der Waals surface area contributed by atoms with Gasteiger partial charge in [0.15, 0.2) is 5.69 Å². The molecule has 12 heteroatoms. The third-order valence-corrected chi connectivity index (χ3v) is 6.29. The lowest BCUT2D eigenvalue weighted by Gasteiger charge is -2.35. The Morgan fingerprint density at radius 2 is 1.70 bits per heavy atom. The maximum atomic E-state index is 13.5. The molecule has 4 rings (SSSR count). The van der Waals surface area contributed by atoms with E-state index in [9.17, 15) is 27.6 Å². The Hall–Kier alpha value is -3.57. The molecule has 3 heterocycles. The predicted molar refractivity (Wildman–Crippen MR) is 127 cm³/mol. The summed E-state index contributed by atoms with van der Waals surface area (Å²) < 4.78 is 46.9. The van der Waals surface area contributed by atoms with Gasteiger partial charge in [0, 0.05) is 32.3 Å². The van der Waals surface area contributed by atoms with Crippen LogP contribution in [0.25, 0.3) is 5.69 Å². The van der Waals surface area contributed by atoms with Crippen molar-refractivity contribution < 1.29 is 32.3 Å². The van der Waals surface area contributed by atoms with Crippen LogP contribution in [0.2, 0.25) is 0 Å². The third-order valence-electron chi connectivity index (χ3n) is 6.29. The molecule has 2 aliphatic rings. The van der Waals surface area contributed by atoms with E-state index in [0.717, 1.165) is 10.9 Å². The molecule has 2 bridgehead atoms. The standard InChI is InChI=1S/C25H30F3N5O4/c1-24(2,3)37-23(36)32-14-17-12-18(32)13-31(17)20(34)10-7-11-29-22(35)19-15-33(16-8-5-4-6-9-16)30-21(19)25(26,27)28/h4-6,8-9,15,17-18H,7,10-14H2,1-3H3,(H,29,35)/t17-,18-/m0/s1. The summed E-state index contributed by atoms with van der Waals surface area (Å²) in [6.07, 6.45) is -3.05. The Balaban J connectivity index is 1.28. The van der Waals surface area contributed by atoms with E-state index in [2.05, 4.69) is 10.4 Å². The molecule has 2 aliphatic heterocycles. The highest BCUT2D eigenvalue weighted by atomic mass is 19.4. The Morgan fingerprint density at radius 1 is 1.05 bits per heavy atom. The van der Waals surface area contributed by atoms with E-state index < -0.39 is 28.9 Å². The van der Waals surface area contributed by atoms with E-state index in [-0.39, 0.29) is 43.5 Å². The van der Waals surface area contributed by atoms with Crippen molar-refractivity contribution in [2.75, 3.05) is 19.6 Å². The molecule has 0 radical (unpaired) electrons. The fourth-order valence-electron chi connectivity index (χ4n) is 4.66. The summed E-state index contributed by atoms with van der Waals surface area (Å²) in [5.74, 6) is -1.02. The lowest BCUT2D eigenvalue weighted by Crippen LogP contribution is -2.51. The van der Waals surface area contributed by atoms with Crippen molar-refractivity contribution in [1.82, 2.24) is 24.9 Å². The van der Waals surface area contributed by atoms with Gasteiger partial charge in [-0.15, -0.1) is 0 Å². The van der Waals surface area contributed by atoms with Gasteiger partial charge in [-0.1, -0.05) is 18.2 Å². The lowest BCUT2D eigenvalue weighted by atomic mass is 10.2. The second-order valence-corrected chi connectivity index (χ2v) is 10.3. The minimum absolute atomic E-state index is 0.0321. The van der Waals surface area contributed by atoms with Crippen LogP contribution in [0.4, 0.5) is 18.0 Å². The number of nitrogens with one attached hydrogen (secondary N) is 1. The van der Waals surface area contributed by atoms with Crippen LogP contribution in [0.1, 0.15) is 56.1 Å². The van der Waals surface area contributed by atoms with Gasteiger partial charge >= 0.3 is 12.3 Å². The molecule has 0 saturated carbocycles. The molecular formula is C25H30F3N5O4. The zero-order chi connectivity index (χ0) is 27.0. The molecule has 0 aliphatic carbocycles. The summed E-state index contributed by atoms with van der Waals surface area (Å²) in [4.78, 5) is 41.0. The molecule has 2 aromatic rings. The fourth-order valence-corrected chi connectivity index (χ4v) is 4.66. The fraction of sp³-hybridized carbons (Fsp3) is 0.520. The number of amides is 3. The quantitative estimate of drug-likeness (QED) is 0.586. The van der Waals surface area contributed by atoms with E-state index in [0.29, 0.717) is 25.2 Å². The Bertz CT molecular complexity index is 1160. The van der Waals surface area contributed by atoms with Crippen LogP contribution in [-0.2, 0) is 15.7 Å². The van der Waals surface area contributed by atoms with Crippen LogP contribution < -0.4 is 5.32 Å².